The van der Waals surface area contributed by atoms with Crippen molar-refractivity contribution in [3.05, 3.63) is 66.7 Å². The van der Waals surface area contributed by atoms with Crippen LogP contribution < -0.4 is 5.46 Å². The van der Waals surface area contributed by atoms with Crippen molar-refractivity contribution in [3.63, 3.8) is 0 Å². The van der Waals surface area contributed by atoms with Gasteiger partial charge in [-0.3, -0.25) is 0 Å². The molecule has 0 saturated carbocycles. The van der Waals surface area contributed by atoms with Gasteiger partial charge in [0.2, 0.25) is 0 Å². The first-order valence-corrected chi connectivity index (χ1v) is 6.68. The van der Waals surface area contributed by atoms with Gasteiger partial charge in [0.1, 0.15) is 0 Å². The molecule has 1 radical (unpaired) electrons. The summed E-state index contributed by atoms with van der Waals surface area (Å²) in [5, 5.41) is 16.5. The van der Waals surface area contributed by atoms with Crippen LogP contribution in [0, 0.1) is 0 Å². The summed E-state index contributed by atoms with van der Waals surface area (Å²) in [4.78, 5) is 0. The minimum Gasteiger partial charge on any atom is -0.450 e. The minimum absolute atomic E-state index is 0.831. The van der Waals surface area contributed by atoms with Crippen LogP contribution in [0.5, 0.6) is 0 Å². The van der Waals surface area contributed by atoms with Crippen LogP contribution in [0.1, 0.15) is 0 Å². The third kappa shape index (κ3) is 1.69. The normalized spacial score (nSPS) is 11.2. The van der Waals surface area contributed by atoms with E-state index in [-0.39, 0.29) is 0 Å². The van der Waals surface area contributed by atoms with Crippen LogP contribution >= 0.6 is 0 Å². The molecule has 1 N–H and O–H groups in total. The van der Waals surface area contributed by atoms with Crippen LogP contribution in [0.3, 0.4) is 0 Å². The zero-order valence-corrected chi connectivity index (χ0v) is 10.9. The van der Waals surface area contributed by atoms with Crippen molar-refractivity contribution in [2.24, 2.45) is 0 Å². The fraction of sp³-hybridized carbons (Fsp3) is 0. The van der Waals surface area contributed by atoms with E-state index in [1.165, 1.54) is 26.9 Å². The van der Waals surface area contributed by atoms with E-state index in [4.69, 9.17) is 5.02 Å². The predicted octanol–water partition coefficient (Wildman–Crippen LogP) is 3.38. The average Bonchev–Trinajstić information content (AvgIpc) is 2.52. The molecule has 4 aromatic rings. The molecule has 0 saturated heterocycles. The van der Waals surface area contributed by atoms with Crippen LogP contribution in [0.15, 0.2) is 66.7 Å². The lowest BCUT2D eigenvalue weighted by Crippen LogP contribution is -2.12. The molecule has 0 aromatic heterocycles. The van der Waals surface area contributed by atoms with Crippen LogP contribution in [0.2, 0.25) is 0 Å². The standard InChI is InChI=1S/C18H12BO/c20-19-16-8-7-13-11-18-14(9-15(13)10-16)6-5-12-3-1-2-4-17(12)18/h1-11,20H. The van der Waals surface area contributed by atoms with Crippen molar-refractivity contribution >= 4 is 45.3 Å². The molecular formula is C18H12BO. The Labute approximate surface area is 117 Å². The zero-order chi connectivity index (χ0) is 13.5. The van der Waals surface area contributed by atoms with Gasteiger partial charge in [-0.05, 0) is 44.5 Å². The molecule has 0 aliphatic rings. The van der Waals surface area contributed by atoms with E-state index in [0.717, 1.165) is 18.3 Å². The van der Waals surface area contributed by atoms with Gasteiger partial charge in [-0.15, -0.1) is 0 Å². The quantitative estimate of drug-likeness (QED) is 0.314. The Balaban J connectivity index is 2.14. The van der Waals surface area contributed by atoms with Crippen molar-refractivity contribution < 1.29 is 5.02 Å². The molecule has 93 valence electrons. The number of fused-ring (bicyclic) bond motifs is 4. The monoisotopic (exact) mass is 255 g/mol. The van der Waals surface area contributed by atoms with Crippen LogP contribution in [-0.4, -0.2) is 12.5 Å². The fourth-order valence-corrected chi connectivity index (χ4v) is 2.85. The van der Waals surface area contributed by atoms with E-state index in [1.54, 1.807) is 0 Å². The van der Waals surface area contributed by atoms with Gasteiger partial charge in [0.05, 0.1) is 0 Å². The van der Waals surface area contributed by atoms with E-state index >= 15 is 0 Å². The van der Waals surface area contributed by atoms with E-state index in [0.29, 0.717) is 0 Å². The number of hydrogen-bond acceptors (Lipinski definition) is 1. The molecule has 4 aromatic carbocycles. The molecule has 20 heavy (non-hydrogen) atoms. The van der Waals surface area contributed by atoms with E-state index in [1.807, 2.05) is 12.1 Å². The predicted molar refractivity (Wildman–Crippen MR) is 86.6 cm³/mol. The molecule has 1 nitrogen and oxygen atoms in total. The lowest BCUT2D eigenvalue weighted by Gasteiger charge is -2.07. The Kier molecular flexibility index (Phi) is 2.51. The van der Waals surface area contributed by atoms with Crippen LogP contribution in [0.25, 0.3) is 32.3 Å². The summed E-state index contributed by atoms with van der Waals surface area (Å²) in [7, 11) is 1.14. The van der Waals surface area contributed by atoms with Gasteiger partial charge in [-0.2, -0.15) is 0 Å². The summed E-state index contributed by atoms with van der Waals surface area (Å²) in [5.74, 6) is 0. The Hall–Kier alpha value is -2.32. The third-order valence-electron chi connectivity index (χ3n) is 3.88. The Bertz CT molecular complexity index is 944. The summed E-state index contributed by atoms with van der Waals surface area (Å²) in [5.41, 5.74) is 0.831. The van der Waals surface area contributed by atoms with Gasteiger partial charge in [-0.1, -0.05) is 60.1 Å². The first-order valence-electron chi connectivity index (χ1n) is 6.68. The minimum atomic E-state index is 0.831. The summed E-state index contributed by atoms with van der Waals surface area (Å²) in [6.07, 6.45) is 0. The maximum absolute atomic E-state index is 9.13. The smallest absolute Gasteiger partial charge is 0.326 e. The molecule has 0 bridgehead atoms. The maximum Gasteiger partial charge on any atom is 0.326 e. The van der Waals surface area contributed by atoms with Crippen molar-refractivity contribution in [1.82, 2.24) is 0 Å². The molecule has 0 aliphatic heterocycles. The lowest BCUT2D eigenvalue weighted by molar-refractivity contribution is 0.615. The van der Waals surface area contributed by atoms with E-state index < -0.39 is 0 Å². The maximum atomic E-state index is 9.13. The summed E-state index contributed by atoms with van der Waals surface area (Å²) >= 11 is 0. The van der Waals surface area contributed by atoms with Crippen molar-refractivity contribution in [2.45, 2.75) is 0 Å². The first kappa shape index (κ1) is 11.5. The molecule has 4 rings (SSSR count). The molecule has 0 amide bonds. The van der Waals surface area contributed by atoms with E-state index in [2.05, 4.69) is 54.6 Å². The fourth-order valence-electron chi connectivity index (χ4n) is 2.85. The first-order chi connectivity index (χ1) is 9.85. The van der Waals surface area contributed by atoms with Crippen molar-refractivity contribution in [3.8, 4) is 0 Å². The molecule has 0 spiro atoms. The molecule has 0 fully saturated rings. The summed E-state index contributed by atoms with van der Waals surface area (Å²) in [6.45, 7) is 0. The van der Waals surface area contributed by atoms with Gasteiger partial charge in [0.25, 0.3) is 0 Å². The number of benzene rings is 4. The number of rotatable bonds is 1. The largest absolute Gasteiger partial charge is 0.450 e. The van der Waals surface area contributed by atoms with Gasteiger partial charge < -0.3 is 5.02 Å². The van der Waals surface area contributed by atoms with Gasteiger partial charge in [-0.25, -0.2) is 0 Å². The van der Waals surface area contributed by atoms with Crippen molar-refractivity contribution in [1.29, 1.82) is 0 Å². The summed E-state index contributed by atoms with van der Waals surface area (Å²) < 4.78 is 0. The second-order valence-corrected chi connectivity index (χ2v) is 5.10. The van der Waals surface area contributed by atoms with Crippen molar-refractivity contribution in [2.75, 3.05) is 0 Å². The zero-order valence-electron chi connectivity index (χ0n) is 10.9. The molecule has 0 atom stereocenters. The summed E-state index contributed by atoms with van der Waals surface area (Å²) in [6, 6.07) is 23.2. The van der Waals surface area contributed by atoms with Crippen LogP contribution in [0.4, 0.5) is 0 Å². The third-order valence-corrected chi connectivity index (χ3v) is 3.88. The van der Waals surface area contributed by atoms with Gasteiger partial charge >= 0.3 is 7.48 Å². The van der Waals surface area contributed by atoms with Gasteiger partial charge in [0, 0.05) is 0 Å². The van der Waals surface area contributed by atoms with Gasteiger partial charge in [0.15, 0.2) is 0 Å². The molecule has 2 heteroatoms. The highest BCUT2D eigenvalue weighted by atomic mass is 16.2. The molecule has 0 unspecified atom stereocenters. The highest BCUT2D eigenvalue weighted by Crippen LogP contribution is 2.28. The Morgan fingerprint density at radius 2 is 1.40 bits per heavy atom. The topological polar surface area (TPSA) is 20.2 Å². The van der Waals surface area contributed by atoms with Crippen LogP contribution in [-0.2, 0) is 0 Å². The average molecular weight is 255 g/mol. The molecular weight excluding hydrogens is 243 g/mol. The highest BCUT2D eigenvalue weighted by molar-refractivity contribution is 6.46. The SMILES string of the molecule is O[B]c1ccc2cc3c(ccc4ccccc43)cc2c1. The molecule has 0 aliphatic carbocycles. The number of hydrogen-bond donors (Lipinski definition) is 1. The second kappa shape index (κ2) is 4.36. The Morgan fingerprint density at radius 3 is 2.30 bits per heavy atom. The lowest BCUT2D eigenvalue weighted by atomic mass is 9.86. The second-order valence-electron chi connectivity index (χ2n) is 5.10. The van der Waals surface area contributed by atoms with E-state index in [9.17, 15) is 0 Å². The Morgan fingerprint density at radius 1 is 0.600 bits per heavy atom. The highest BCUT2D eigenvalue weighted by Gasteiger charge is 2.03. The molecule has 0 heterocycles.